The van der Waals surface area contributed by atoms with Gasteiger partial charge in [-0.15, -0.1) is 0 Å². The maximum atomic E-state index is 13.7. The fraction of sp³-hybridized carbons (Fsp3) is 0.909. The number of nitrogens with one attached hydrogen (secondary N) is 2. The first-order valence-corrected chi connectivity index (χ1v) is 11.6. The molecule has 4 aliphatic carbocycles. The van der Waals surface area contributed by atoms with Crippen molar-refractivity contribution >= 4 is 11.8 Å². The molecule has 0 aromatic rings. The van der Waals surface area contributed by atoms with Gasteiger partial charge in [0.05, 0.1) is 5.41 Å². The lowest BCUT2D eigenvalue weighted by Gasteiger charge is -2.56. The van der Waals surface area contributed by atoms with Gasteiger partial charge >= 0.3 is 0 Å². The van der Waals surface area contributed by atoms with Gasteiger partial charge in [-0.2, -0.15) is 0 Å². The van der Waals surface area contributed by atoms with Crippen molar-refractivity contribution in [3.8, 4) is 0 Å². The summed E-state index contributed by atoms with van der Waals surface area (Å²) >= 11 is 0. The van der Waals surface area contributed by atoms with E-state index in [0.717, 1.165) is 89.1 Å². The third-order valence-electron chi connectivity index (χ3n) is 8.25. The second-order valence-corrected chi connectivity index (χ2v) is 10.2. The van der Waals surface area contributed by atoms with Gasteiger partial charge in [0.2, 0.25) is 11.8 Å². The van der Waals surface area contributed by atoms with Crippen LogP contribution in [0.25, 0.3) is 0 Å². The van der Waals surface area contributed by atoms with E-state index in [2.05, 4.69) is 15.5 Å². The van der Waals surface area contributed by atoms with E-state index in [9.17, 15) is 9.59 Å². The molecule has 6 heteroatoms. The molecule has 2 amide bonds. The van der Waals surface area contributed by atoms with Crippen molar-refractivity contribution in [2.75, 3.05) is 45.8 Å². The van der Waals surface area contributed by atoms with Crippen LogP contribution in [0.2, 0.25) is 0 Å². The Balaban J connectivity index is 1.19. The Morgan fingerprint density at radius 2 is 1.61 bits per heavy atom. The third kappa shape index (κ3) is 3.47. The minimum absolute atomic E-state index is 0.0747. The van der Waals surface area contributed by atoms with Gasteiger partial charge in [-0.05, 0) is 69.1 Å². The van der Waals surface area contributed by atoms with E-state index in [1.807, 2.05) is 4.90 Å². The molecule has 0 aromatic carbocycles. The summed E-state index contributed by atoms with van der Waals surface area (Å²) in [6, 6.07) is -0.233. The summed E-state index contributed by atoms with van der Waals surface area (Å²) in [6.07, 6.45) is 9.11. The molecule has 28 heavy (non-hydrogen) atoms. The van der Waals surface area contributed by atoms with Crippen LogP contribution in [-0.4, -0.2) is 73.5 Å². The number of likely N-dealkylation sites (tertiary alicyclic amines) is 1. The van der Waals surface area contributed by atoms with E-state index >= 15 is 0 Å². The van der Waals surface area contributed by atoms with E-state index in [0.29, 0.717) is 12.5 Å². The van der Waals surface area contributed by atoms with Crippen LogP contribution in [0.15, 0.2) is 0 Å². The lowest BCUT2D eigenvalue weighted by Crippen LogP contribution is -2.57. The van der Waals surface area contributed by atoms with E-state index in [1.54, 1.807) is 0 Å². The Morgan fingerprint density at radius 1 is 0.964 bits per heavy atom. The topological polar surface area (TPSA) is 64.7 Å². The Hall–Kier alpha value is -1.14. The highest BCUT2D eigenvalue weighted by Crippen LogP contribution is 2.60. The SMILES string of the molecule is O=C(NCCN1CCNCC1)C1CCCN1C(=O)C12CC3CC(CC(C3)C1)C2. The summed E-state index contributed by atoms with van der Waals surface area (Å²) in [7, 11) is 0. The number of rotatable bonds is 5. The smallest absolute Gasteiger partial charge is 0.242 e. The quantitative estimate of drug-likeness (QED) is 0.743. The molecule has 0 spiro atoms. The zero-order chi connectivity index (χ0) is 19.1. The van der Waals surface area contributed by atoms with Crippen LogP contribution in [0.1, 0.15) is 51.4 Å². The number of amides is 2. The maximum Gasteiger partial charge on any atom is 0.242 e. The number of piperazine rings is 1. The average Bonchev–Trinajstić information content (AvgIpc) is 3.17. The Morgan fingerprint density at radius 3 is 2.25 bits per heavy atom. The van der Waals surface area contributed by atoms with Gasteiger partial charge in [0, 0.05) is 45.8 Å². The summed E-state index contributed by atoms with van der Waals surface area (Å²) in [5.74, 6) is 2.70. The average molecular weight is 389 g/mol. The molecule has 0 aromatic heterocycles. The first-order chi connectivity index (χ1) is 13.6. The van der Waals surface area contributed by atoms with E-state index in [-0.39, 0.29) is 17.4 Å². The molecule has 0 radical (unpaired) electrons. The van der Waals surface area contributed by atoms with Crippen LogP contribution >= 0.6 is 0 Å². The van der Waals surface area contributed by atoms with Crippen LogP contribution in [0, 0.1) is 23.2 Å². The molecule has 6 aliphatic rings. The predicted octanol–water partition coefficient (Wildman–Crippen LogP) is 1.22. The number of carbonyl (C=O) groups is 2. The molecule has 6 fully saturated rings. The normalized spacial score (nSPS) is 40.1. The molecule has 6 rings (SSSR count). The van der Waals surface area contributed by atoms with Gasteiger partial charge in [0.15, 0.2) is 0 Å². The zero-order valence-corrected chi connectivity index (χ0v) is 17.1. The second-order valence-electron chi connectivity index (χ2n) is 10.2. The molecule has 156 valence electrons. The van der Waals surface area contributed by atoms with Gasteiger partial charge in [-0.3, -0.25) is 14.5 Å². The van der Waals surface area contributed by atoms with Crippen molar-refractivity contribution < 1.29 is 9.59 Å². The summed E-state index contributed by atoms with van der Waals surface area (Å²) in [5, 5.41) is 6.49. The molecule has 4 bridgehead atoms. The Bertz CT molecular complexity index is 580. The summed E-state index contributed by atoms with van der Waals surface area (Å²) in [5.41, 5.74) is -0.127. The highest BCUT2D eigenvalue weighted by atomic mass is 16.2. The standard InChI is InChI=1S/C22H36N4O2/c27-20(24-5-9-25-7-3-23-4-8-25)19-2-1-6-26(19)21(28)22-13-16-10-17(14-22)12-18(11-16)15-22/h16-19,23H,1-15H2,(H,24,27). The second kappa shape index (κ2) is 7.60. The van der Waals surface area contributed by atoms with Crippen molar-refractivity contribution in [3.05, 3.63) is 0 Å². The fourth-order valence-electron chi connectivity index (χ4n) is 7.35. The van der Waals surface area contributed by atoms with Crippen LogP contribution in [0.5, 0.6) is 0 Å². The molecule has 4 saturated carbocycles. The van der Waals surface area contributed by atoms with Crippen molar-refractivity contribution in [3.63, 3.8) is 0 Å². The summed E-state index contributed by atoms with van der Waals surface area (Å²) in [4.78, 5) is 30.9. The lowest BCUT2D eigenvalue weighted by atomic mass is 9.49. The molecular weight excluding hydrogens is 352 g/mol. The van der Waals surface area contributed by atoms with Crippen LogP contribution in [0.3, 0.4) is 0 Å². The first kappa shape index (κ1) is 18.9. The van der Waals surface area contributed by atoms with Crippen molar-refractivity contribution in [2.45, 2.75) is 57.4 Å². The number of carbonyl (C=O) groups excluding carboxylic acids is 2. The van der Waals surface area contributed by atoms with Crippen LogP contribution < -0.4 is 10.6 Å². The van der Waals surface area contributed by atoms with Gasteiger partial charge < -0.3 is 15.5 Å². The van der Waals surface area contributed by atoms with Crippen LogP contribution in [-0.2, 0) is 9.59 Å². The van der Waals surface area contributed by atoms with Crippen molar-refractivity contribution in [1.29, 1.82) is 0 Å². The molecule has 2 saturated heterocycles. The monoisotopic (exact) mass is 388 g/mol. The van der Waals surface area contributed by atoms with Crippen LogP contribution in [0.4, 0.5) is 0 Å². The molecule has 1 unspecified atom stereocenters. The third-order valence-corrected chi connectivity index (χ3v) is 8.25. The number of nitrogens with zero attached hydrogens (tertiary/aromatic N) is 2. The molecule has 2 aliphatic heterocycles. The maximum absolute atomic E-state index is 13.7. The minimum atomic E-state index is -0.233. The Labute approximate surface area is 168 Å². The highest BCUT2D eigenvalue weighted by molar-refractivity contribution is 5.91. The summed E-state index contributed by atoms with van der Waals surface area (Å²) in [6.45, 7) is 6.54. The van der Waals surface area contributed by atoms with E-state index < -0.39 is 0 Å². The highest BCUT2D eigenvalue weighted by Gasteiger charge is 2.56. The van der Waals surface area contributed by atoms with E-state index in [4.69, 9.17) is 0 Å². The summed E-state index contributed by atoms with van der Waals surface area (Å²) < 4.78 is 0. The number of hydrogen-bond donors (Lipinski definition) is 2. The molecule has 6 nitrogen and oxygen atoms in total. The zero-order valence-electron chi connectivity index (χ0n) is 17.1. The molecule has 1 atom stereocenters. The molecular formula is C22H36N4O2. The fourth-order valence-corrected chi connectivity index (χ4v) is 7.35. The Kier molecular flexibility index (Phi) is 5.12. The molecule has 2 N–H and O–H groups in total. The predicted molar refractivity (Wildman–Crippen MR) is 108 cm³/mol. The van der Waals surface area contributed by atoms with Crippen molar-refractivity contribution in [2.24, 2.45) is 23.2 Å². The van der Waals surface area contributed by atoms with Gasteiger partial charge in [-0.1, -0.05) is 0 Å². The van der Waals surface area contributed by atoms with Gasteiger partial charge in [-0.25, -0.2) is 0 Å². The lowest BCUT2D eigenvalue weighted by molar-refractivity contribution is -0.160. The first-order valence-electron chi connectivity index (χ1n) is 11.6. The van der Waals surface area contributed by atoms with Gasteiger partial charge in [0.1, 0.15) is 6.04 Å². The largest absolute Gasteiger partial charge is 0.353 e. The van der Waals surface area contributed by atoms with Gasteiger partial charge in [0.25, 0.3) is 0 Å². The molecule has 2 heterocycles. The van der Waals surface area contributed by atoms with E-state index in [1.165, 1.54) is 19.3 Å². The number of hydrogen-bond acceptors (Lipinski definition) is 4. The minimum Gasteiger partial charge on any atom is -0.353 e. The van der Waals surface area contributed by atoms with Crippen molar-refractivity contribution in [1.82, 2.24) is 20.4 Å².